The molecule has 5 heteroatoms. The SMILES string of the molecule is CCCC(C)CCC=C(O)[C@H]1[C@@H]2C=C(CCOCC(=O)O)C[C@@H]2C[C@@H]1O. The molecule has 148 valence electrons. The number of aliphatic hydroxyl groups excluding tert-OH is 2. The monoisotopic (exact) mass is 366 g/mol. The highest BCUT2D eigenvalue weighted by atomic mass is 16.5. The minimum atomic E-state index is -0.950. The molecular formula is C21H34O5. The fraction of sp³-hybridized carbons (Fsp3) is 0.762. The third-order valence-corrected chi connectivity index (χ3v) is 5.80. The second-order valence-corrected chi connectivity index (χ2v) is 7.99. The Morgan fingerprint density at radius 2 is 2.15 bits per heavy atom. The summed E-state index contributed by atoms with van der Waals surface area (Å²) in [6.07, 6.45) is 10.3. The average molecular weight is 366 g/mol. The lowest BCUT2D eigenvalue weighted by Gasteiger charge is -2.19. The van der Waals surface area contributed by atoms with E-state index >= 15 is 0 Å². The number of ether oxygens (including phenoxy) is 1. The summed E-state index contributed by atoms with van der Waals surface area (Å²) < 4.78 is 5.12. The largest absolute Gasteiger partial charge is 0.512 e. The highest BCUT2D eigenvalue weighted by Crippen LogP contribution is 2.49. The lowest BCUT2D eigenvalue weighted by molar-refractivity contribution is -0.142. The fourth-order valence-electron chi connectivity index (χ4n) is 4.53. The second-order valence-electron chi connectivity index (χ2n) is 7.99. The molecule has 26 heavy (non-hydrogen) atoms. The predicted molar refractivity (Wildman–Crippen MR) is 101 cm³/mol. The number of hydrogen-bond acceptors (Lipinski definition) is 4. The Bertz CT molecular complexity index is 524. The van der Waals surface area contributed by atoms with E-state index in [4.69, 9.17) is 9.84 Å². The lowest BCUT2D eigenvalue weighted by Crippen LogP contribution is -2.20. The topological polar surface area (TPSA) is 87.0 Å². The van der Waals surface area contributed by atoms with Gasteiger partial charge in [-0.25, -0.2) is 4.79 Å². The van der Waals surface area contributed by atoms with Crippen LogP contribution in [0.25, 0.3) is 0 Å². The van der Waals surface area contributed by atoms with Crippen molar-refractivity contribution in [3.8, 4) is 0 Å². The van der Waals surface area contributed by atoms with Gasteiger partial charge in [0.05, 0.1) is 18.5 Å². The quantitative estimate of drug-likeness (QED) is 0.291. The van der Waals surface area contributed by atoms with Crippen molar-refractivity contribution in [1.82, 2.24) is 0 Å². The molecule has 2 aliphatic carbocycles. The van der Waals surface area contributed by atoms with E-state index < -0.39 is 12.1 Å². The maximum absolute atomic E-state index is 10.6. The van der Waals surface area contributed by atoms with Crippen molar-refractivity contribution in [3.05, 3.63) is 23.5 Å². The molecule has 0 heterocycles. The molecule has 0 spiro atoms. The summed E-state index contributed by atoms with van der Waals surface area (Å²) in [7, 11) is 0. The van der Waals surface area contributed by atoms with Crippen LogP contribution in [0.3, 0.4) is 0 Å². The van der Waals surface area contributed by atoms with Gasteiger partial charge in [-0.1, -0.05) is 38.3 Å². The number of carboxylic acids is 1. The number of carboxylic acid groups (broad SMARTS) is 1. The van der Waals surface area contributed by atoms with Gasteiger partial charge >= 0.3 is 5.97 Å². The molecule has 1 fully saturated rings. The van der Waals surface area contributed by atoms with Crippen LogP contribution in [-0.2, 0) is 9.53 Å². The molecule has 0 aliphatic heterocycles. The molecule has 1 saturated carbocycles. The van der Waals surface area contributed by atoms with Crippen LogP contribution in [0.15, 0.2) is 23.5 Å². The molecule has 2 rings (SSSR count). The highest BCUT2D eigenvalue weighted by molar-refractivity contribution is 5.67. The summed E-state index contributed by atoms with van der Waals surface area (Å²) >= 11 is 0. The van der Waals surface area contributed by atoms with E-state index in [0.717, 1.165) is 32.1 Å². The summed E-state index contributed by atoms with van der Waals surface area (Å²) in [5.41, 5.74) is 1.26. The van der Waals surface area contributed by atoms with Crippen molar-refractivity contribution in [1.29, 1.82) is 0 Å². The van der Waals surface area contributed by atoms with Gasteiger partial charge in [-0.2, -0.15) is 0 Å². The molecule has 0 aromatic rings. The van der Waals surface area contributed by atoms with Crippen LogP contribution in [0.5, 0.6) is 0 Å². The van der Waals surface area contributed by atoms with Crippen LogP contribution in [0, 0.1) is 23.7 Å². The van der Waals surface area contributed by atoms with Gasteiger partial charge in [0.15, 0.2) is 0 Å². The van der Waals surface area contributed by atoms with E-state index in [-0.39, 0.29) is 18.4 Å². The predicted octanol–water partition coefficient (Wildman–Crippen LogP) is 4.08. The fourth-order valence-corrected chi connectivity index (χ4v) is 4.53. The summed E-state index contributed by atoms with van der Waals surface area (Å²) in [6, 6.07) is 0. The third-order valence-electron chi connectivity index (χ3n) is 5.80. The van der Waals surface area contributed by atoms with Crippen molar-refractivity contribution in [2.45, 2.75) is 64.9 Å². The van der Waals surface area contributed by atoms with Crippen LogP contribution in [0.4, 0.5) is 0 Å². The van der Waals surface area contributed by atoms with Crippen LogP contribution in [-0.4, -0.2) is 40.6 Å². The maximum atomic E-state index is 10.6. The summed E-state index contributed by atoms with van der Waals surface area (Å²) in [4.78, 5) is 10.5. The van der Waals surface area contributed by atoms with E-state index in [0.29, 0.717) is 24.2 Å². The smallest absolute Gasteiger partial charge is 0.329 e. The van der Waals surface area contributed by atoms with Gasteiger partial charge in [0, 0.05) is 5.92 Å². The zero-order valence-electron chi connectivity index (χ0n) is 16.1. The van der Waals surface area contributed by atoms with E-state index in [9.17, 15) is 15.0 Å². The molecule has 0 aromatic heterocycles. The Morgan fingerprint density at radius 1 is 1.38 bits per heavy atom. The minimum absolute atomic E-state index is 0.184. The van der Waals surface area contributed by atoms with Gasteiger partial charge in [0.1, 0.15) is 6.61 Å². The Balaban J connectivity index is 1.87. The molecule has 0 aromatic carbocycles. The van der Waals surface area contributed by atoms with Gasteiger partial charge in [-0.3, -0.25) is 0 Å². The van der Waals surface area contributed by atoms with Crippen molar-refractivity contribution < 1.29 is 24.9 Å². The van der Waals surface area contributed by atoms with E-state index in [2.05, 4.69) is 19.9 Å². The average Bonchev–Trinajstić information content (AvgIpc) is 3.07. The van der Waals surface area contributed by atoms with E-state index in [1.807, 2.05) is 6.08 Å². The normalized spacial score (nSPS) is 29.5. The van der Waals surface area contributed by atoms with Crippen molar-refractivity contribution in [3.63, 3.8) is 0 Å². The standard InChI is InChI=1S/C21H34O5/c1-3-5-14(2)6-4-7-18(22)21-17-11-15(8-9-26-13-20(24)25)10-16(17)12-19(21)23/h7,11,14,16-17,19,21-23H,3-6,8-10,12-13H2,1-2H3,(H,24,25)/t14?,16-,17-,19+,21-/m1/s1. The molecule has 0 amide bonds. The van der Waals surface area contributed by atoms with Crippen LogP contribution in [0.2, 0.25) is 0 Å². The molecule has 0 radical (unpaired) electrons. The first kappa shape index (κ1) is 21.0. The maximum Gasteiger partial charge on any atom is 0.329 e. The Kier molecular flexibility index (Phi) is 8.16. The van der Waals surface area contributed by atoms with Gasteiger partial charge < -0.3 is 20.1 Å². The molecule has 0 bridgehead atoms. The van der Waals surface area contributed by atoms with Gasteiger partial charge in [0.2, 0.25) is 0 Å². The Morgan fingerprint density at radius 3 is 2.85 bits per heavy atom. The van der Waals surface area contributed by atoms with Crippen LogP contribution < -0.4 is 0 Å². The van der Waals surface area contributed by atoms with Gasteiger partial charge in [0.25, 0.3) is 0 Å². The zero-order chi connectivity index (χ0) is 19.1. The Labute approximate surface area is 156 Å². The van der Waals surface area contributed by atoms with E-state index in [1.165, 1.54) is 18.4 Å². The van der Waals surface area contributed by atoms with E-state index in [1.54, 1.807) is 0 Å². The Hall–Kier alpha value is -1.33. The second kappa shape index (κ2) is 10.1. The first-order valence-corrected chi connectivity index (χ1v) is 9.98. The van der Waals surface area contributed by atoms with Gasteiger partial charge in [-0.15, -0.1) is 0 Å². The van der Waals surface area contributed by atoms with Crippen molar-refractivity contribution in [2.24, 2.45) is 23.7 Å². The zero-order valence-corrected chi connectivity index (χ0v) is 16.1. The van der Waals surface area contributed by atoms with Crippen molar-refractivity contribution >= 4 is 5.97 Å². The van der Waals surface area contributed by atoms with Crippen LogP contribution >= 0.6 is 0 Å². The summed E-state index contributed by atoms with van der Waals surface area (Å²) in [5, 5.41) is 29.5. The number of carbonyl (C=O) groups is 1. The number of hydrogen-bond donors (Lipinski definition) is 3. The number of allylic oxidation sites excluding steroid dienone is 2. The van der Waals surface area contributed by atoms with Crippen molar-refractivity contribution in [2.75, 3.05) is 13.2 Å². The highest BCUT2D eigenvalue weighted by Gasteiger charge is 2.46. The number of rotatable bonds is 11. The number of aliphatic hydroxyl groups is 2. The molecule has 1 unspecified atom stereocenters. The first-order chi connectivity index (χ1) is 12.4. The molecule has 0 saturated heterocycles. The third kappa shape index (κ3) is 5.85. The summed E-state index contributed by atoms with van der Waals surface area (Å²) in [6.45, 7) is 4.58. The molecule has 5 nitrogen and oxygen atoms in total. The first-order valence-electron chi connectivity index (χ1n) is 9.98. The molecule has 2 aliphatic rings. The van der Waals surface area contributed by atoms with Crippen LogP contribution in [0.1, 0.15) is 58.8 Å². The van der Waals surface area contributed by atoms with Gasteiger partial charge in [-0.05, 0) is 55.9 Å². The molecule has 5 atom stereocenters. The lowest BCUT2D eigenvalue weighted by atomic mass is 9.89. The molecular weight excluding hydrogens is 332 g/mol. The summed E-state index contributed by atoms with van der Waals surface area (Å²) in [5.74, 6) is 0.415. The minimum Gasteiger partial charge on any atom is -0.512 e. The number of aliphatic carboxylic acids is 1. The number of fused-ring (bicyclic) bond motifs is 1. The molecule has 3 N–H and O–H groups in total.